The van der Waals surface area contributed by atoms with Crippen LogP contribution in [0.2, 0.25) is 0 Å². The number of hydrogen-bond donors (Lipinski definition) is 2. The lowest BCUT2D eigenvalue weighted by Gasteiger charge is -1.99. The van der Waals surface area contributed by atoms with Crippen LogP contribution in [0, 0.1) is 0 Å². The van der Waals surface area contributed by atoms with Crippen molar-refractivity contribution in [2.45, 2.75) is 6.42 Å². The van der Waals surface area contributed by atoms with Gasteiger partial charge in [0.15, 0.2) is 5.78 Å². The van der Waals surface area contributed by atoms with Crippen molar-refractivity contribution in [3.8, 4) is 0 Å². The summed E-state index contributed by atoms with van der Waals surface area (Å²) in [5.41, 5.74) is 14.0. The number of hydrogen-bond acceptors (Lipinski definition) is 5. The van der Waals surface area contributed by atoms with Gasteiger partial charge in [0.2, 0.25) is 0 Å². The minimum Gasteiger partial charge on any atom is -0.399 e. The van der Waals surface area contributed by atoms with Crippen LogP contribution in [0.1, 0.15) is 5.56 Å². The summed E-state index contributed by atoms with van der Waals surface area (Å²) in [6.07, 6.45) is 0.353. The molecule has 2 aromatic carbocycles. The van der Waals surface area contributed by atoms with Gasteiger partial charge in [0, 0.05) is 12.1 Å². The molecule has 102 valence electrons. The van der Waals surface area contributed by atoms with E-state index in [1.807, 2.05) is 24.3 Å². The Morgan fingerprint density at radius 2 is 1.40 bits per heavy atom. The van der Waals surface area contributed by atoms with Gasteiger partial charge in [-0.2, -0.15) is 10.2 Å². The molecule has 2 rings (SSSR count). The zero-order chi connectivity index (χ0) is 14.4. The second-order valence-electron chi connectivity index (χ2n) is 4.38. The van der Waals surface area contributed by atoms with Crippen LogP contribution in [0.3, 0.4) is 0 Å². The molecule has 0 radical (unpaired) electrons. The summed E-state index contributed by atoms with van der Waals surface area (Å²) in [5, 5.41) is 8.23. The number of azo groups is 1. The molecule has 0 aliphatic carbocycles. The fourth-order valence-corrected chi connectivity index (χ4v) is 1.64. The molecule has 0 amide bonds. The summed E-state index contributed by atoms with van der Waals surface area (Å²) >= 11 is 0. The number of nitrogens with zero attached hydrogens (tertiary/aromatic N) is 2. The van der Waals surface area contributed by atoms with Crippen molar-refractivity contribution < 1.29 is 4.79 Å². The molecule has 20 heavy (non-hydrogen) atoms. The van der Waals surface area contributed by atoms with Crippen LogP contribution in [-0.4, -0.2) is 12.3 Å². The zero-order valence-corrected chi connectivity index (χ0v) is 11.0. The van der Waals surface area contributed by atoms with Gasteiger partial charge >= 0.3 is 0 Å². The first kappa shape index (κ1) is 13.9. The van der Waals surface area contributed by atoms with Crippen LogP contribution in [-0.2, 0) is 11.2 Å². The molecule has 0 unspecified atom stereocenters. The average Bonchev–Trinajstić information content (AvgIpc) is 2.48. The summed E-state index contributed by atoms with van der Waals surface area (Å²) < 4.78 is 0. The maximum atomic E-state index is 11.2. The van der Waals surface area contributed by atoms with Gasteiger partial charge in [0.25, 0.3) is 0 Å². The first-order valence-electron chi connectivity index (χ1n) is 6.25. The number of nitrogen functional groups attached to an aromatic ring is 1. The number of Topliss-reactive ketones (excluding diaryl/α,β-unsaturated/α-hetero) is 1. The Hall–Kier alpha value is -2.53. The van der Waals surface area contributed by atoms with E-state index in [1.54, 1.807) is 24.3 Å². The topological polar surface area (TPSA) is 93.8 Å². The molecule has 4 N–H and O–H groups in total. The van der Waals surface area contributed by atoms with Gasteiger partial charge < -0.3 is 11.5 Å². The van der Waals surface area contributed by atoms with Crippen LogP contribution in [0.25, 0.3) is 0 Å². The van der Waals surface area contributed by atoms with Gasteiger partial charge in [0.05, 0.1) is 17.9 Å². The van der Waals surface area contributed by atoms with E-state index in [4.69, 9.17) is 11.5 Å². The predicted molar refractivity (Wildman–Crippen MR) is 79.2 cm³/mol. The highest BCUT2D eigenvalue weighted by molar-refractivity contribution is 5.82. The van der Waals surface area contributed by atoms with Crippen LogP contribution in [0.15, 0.2) is 58.8 Å². The molecule has 0 saturated carbocycles. The predicted octanol–water partition coefficient (Wildman–Crippen LogP) is 2.75. The van der Waals surface area contributed by atoms with Crippen molar-refractivity contribution in [2.75, 3.05) is 12.3 Å². The summed E-state index contributed by atoms with van der Waals surface area (Å²) in [5.74, 6) is 0.0150. The first-order valence-corrected chi connectivity index (χ1v) is 6.25. The molecular weight excluding hydrogens is 252 g/mol. The summed E-state index contributed by atoms with van der Waals surface area (Å²) in [7, 11) is 0. The van der Waals surface area contributed by atoms with E-state index in [0.717, 1.165) is 16.9 Å². The molecule has 2 aromatic rings. The van der Waals surface area contributed by atoms with Gasteiger partial charge in [-0.3, -0.25) is 4.79 Å². The van der Waals surface area contributed by atoms with Crippen LogP contribution in [0.4, 0.5) is 17.1 Å². The van der Waals surface area contributed by atoms with Crippen LogP contribution < -0.4 is 11.5 Å². The van der Waals surface area contributed by atoms with Gasteiger partial charge in [-0.1, -0.05) is 12.1 Å². The minimum atomic E-state index is 0.0150. The van der Waals surface area contributed by atoms with E-state index in [0.29, 0.717) is 12.1 Å². The largest absolute Gasteiger partial charge is 0.399 e. The summed E-state index contributed by atoms with van der Waals surface area (Å²) in [4.78, 5) is 11.2. The number of nitrogens with two attached hydrogens (primary N) is 2. The van der Waals surface area contributed by atoms with E-state index in [9.17, 15) is 4.79 Å². The molecule has 0 aromatic heterocycles. The monoisotopic (exact) mass is 268 g/mol. The van der Waals surface area contributed by atoms with Crippen LogP contribution >= 0.6 is 0 Å². The van der Waals surface area contributed by atoms with E-state index in [-0.39, 0.29) is 12.3 Å². The number of benzene rings is 2. The molecule has 0 aliphatic heterocycles. The summed E-state index contributed by atoms with van der Waals surface area (Å²) in [6, 6.07) is 14.5. The molecule has 0 atom stereocenters. The second-order valence-corrected chi connectivity index (χ2v) is 4.38. The van der Waals surface area contributed by atoms with E-state index < -0.39 is 0 Å². The fourth-order valence-electron chi connectivity index (χ4n) is 1.64. The fraction of sp³-hybridized carbons (Fsp3) is 0.133. The Morgan fingerprint density at radius 3 is 1.90 bits per heavy atom. The van der Waals surface area contributed by atoms with Crippen LogP contribution in [0.5, 0.6) is 0 Å². The lowest BCUT2D eigenvalue weighted by molar-refractivity contribution is -0.117. The number of carbonyl (C=O) groups excluding carboxylic acids is 1. The maximum absolute atomic E-state index is 11.2. The Kier molecular flexibility index (Phi) is 4.57. The van der Waals surface area contributed by atoms with Gasteiger partial charge in [0.1, 0.15) is 0 Å². The highest BCUT2D eigenvalue weighted by Gasteiger charge is 2.00. The van der Waals surface area contributed by atoms with Crippen molar-refractivity contribution in [1.82, 2.24) is 0 Å². The average molecular weight is 268 g/mol. The molecule has 5 heteroatoms. The van der Waals surface area contributed by atoms with Crippen molar-refractivity contribution in [1.29, 1.82) is 0 Å². The third-order valence-corrected chi connectivity index (χ3v) is 2.74. The number of anilines is 1. The van der Waals surface area contributed by atoms with Gasteiger partial charge in [-0.15, -0.1) is 0 Å². The normalized spacial score (nSPS) is 10.8. The smallest absolute Gasteiger partial charge is 0.150 e. The van der Waals surface area contributed by atoms with Crippen molar-refractivity contribution in [3.63, 3.8) is 0 Å². The molecule has 0 bridgehead atoms. The highest BCUT2D eigenvalue weighted by Crippen LogP contribution is 2.19. The lowest BCUT2D eigenvalue weighted by Crippen LogP contribution is -2.15. The molecule has 0 aliphatic rings. The Bertz CT molecular complexity index is 603. The lowest BCUT2D eigenvalue weighted by atomic mass is 10.1. The Morgan fingerprint density at radius 1 is 0.900 bits per heavy atom. The Labute approximate surface area is 117 Å². The van der Waals surface area contributed by atoms with Crippen molar-refractivity contribution in [3.05, 3.63) is 54.1 Å². The molecule has 5 nitrogen and oxygen atoms in total. The highest BCUT2D eigenvalue weighted by atomic mass is 16.1. The third-order valence-electron chi connectivity index (χ3n) is 2.74. The SMILES string of the molecule is NCC(=O)Cc1ccc(N=Nc2ccc(N)cc2)cc1. The zero-order valence-electron chi connectivity index (χ0n) is 11.0. The maximum Gasteiger partial charge on any atom is 0.150 e. The number of carbonyl (C=O) groups is 1. The molecular formula is C15H16N4O. The summed E-state index contributed by atoms with van der Waals surface area (Å²) in [6.45, 7) is 0.0681. The Balaban J connectivity index is 2.03. The number of ketones is 1. The first-order chi connectivity index (χ1) is 9.67. The number of rotatable bonds is 5. The molecule has 0 spiro atoms. The van der Waals surface area contributed by atoms with E-state index >= 15 is 0 Å². The third kappa shape index (κ3) is 4.00. The van der Waals surface area contributed by atoms with E-state index in [2.05, 4.69) is 10.2 Å². The van der Waals surface area contributed by atoms with E-state index in [1.165, 1.54) is 0 Å². The van der Waals surface area contributed by atoms with Gasteiger partial charge in [-0.05, 0) is 42.0 Å². The quantitative estimate of drug-likeness (QED) is 0.644. The molecule has 0 heterocycles. The standard InChI is InChI=1S/C15H16N4O/c16-10-15(20)9-11-1-5-13(6-2-11)18-19-14-7-3-12(17)4-8-14/h1-8H,9-10,16-17H2. The minimum absolute atomic E-state index is 0.0150. The van der Waals surface area contributed by atoms with Crippen molar-refractivity contribution >= 4 is 22.8 Å². The molecule has 0 fully saturated rings. The van der Waals surface area contributed by atoms with Crippen molar-refractivity contribution in [2.24, 2.45) is 16.0 Å². The second kappa shape index (κ2) is 6.58. The molecule has 0 saturated heterocycles. The van der Waals surface area contributed by atoms with Gasteiger partial charge in [-0.25, -0.2) is 0 Å².